The molecule has 0 saturated heterocycles. The van der Waals surface area contributed by atoms with Crippen LogP contribution < -0.4 is 0 Å². The van der Waals surface area contributed by atoms with E-state index in [9.17, 15) is 4.79 Å². The number of halogens is 2. The van der Waals surface area contributed by atoms with E-state index in [4.69, 9.17) is 9.63 Å². The van der Waals surface area contributed by atoms with Crippen LogP contribution in [0.5, 0.6) is 0 Å². The quantitative estimate of drug-likeness (QED) is 0.770. The monoisotopic (exact) mass is 407 g/mol. The number of hydrogen-bond donors (Lipinski definition) is 1. The van der Waals surface area contributed by atoms with Crippen LogP contribution >= 0.6 is 38.5 Å². The fraction of sp³-hybridized carbons (Fsp3) is 0.0909. The van der Waals surface area contributed by atoms with Crippen molar-refractivity contribution in [1.29, 1.82) is 0 Å². The minimum atomic E-state index is -1.03. The molecule has 6 heteroatoms. The largest absolute Gasteiger partial charge is 0.477 e. The second-order valence-electron chi connectivity index (χ2n) is 3.39. The van der Waals surface area contributed by atoms with Crippen molar-refractivity contribution in [3.05, 3.63) is 37.6 Å². The van der Waals surface area contributed by atoms with Gasteiger partial charge in [-0.1, -0.05) is 21.1 Å². The van der Waals surface area contributed by atoms with Crippen LogP contribution in [0.15, 0.2) is 27.2 Å². The summed E-state index contributed by atoms with van der Waals surface area (Å²) in [5.74, 6) is -0.724. The summed E-state index contributed by atoms with van der Waals surface area (Å²) in [6.07, 6.45) is 0. The molecule has 0 aliphatic carbocycles. The Morgan fingerprint density at radius 3 is 2.88 bits per heavy atom. The minimum Gasteiger partial charge on any atom is -0.477 e. The number of carboxylic acids is 1. The van der Waals surface area contributed by atoms with Crippen LogP contribution in [0.3, 0.4) is 0 Å². The number of nitrogens with zero attached hydrogens (tertiary/aromatic N) is 1. The van der Waals surface area contributed by atoms with Crippen molar-refractivity contribution in [3.63, 3.8) is 0 Å². The van der Waals surface area contributed by atoms with E-state index in [0.29, 0.717) is 11.5 Å². The van der Waals surface area contributed by atoms with Gasteiger partial charge in [0.2, 0.25) is 0 Å². The molecule has 1 aromatic heterocycles. The third-order valence-corrected chi connectivity index (χ3v) is 3.69. The van der Waals surface area contributed by atoms with E-state index in [0.717, 1.165) is 13.6 Å². The van der Waals surface area contributed by atoms with Gasteiger partial charge in [-0.05, 0) is 47.7 Å². The molecule has 1 N–H and O–H groups in total. The summed E-state index contributed by atoms with van der Waals surface area (Å²) in [4.78, 5) is 11.2. The molecule has 0 aliphatic rings. The van der Waals surface area contributed by atoms with Gasteiger partial charge in [-0.3, -0.25) is 0 Å². The lowest BCUT2D eigenvalue weighted by atomic mass is 10.1. The van der Waals surface area contributed by atoms with Crippen LogP contribution in [0, 0.1) is 10.5 Å². The lowest BCUT2D eigenvalue weighted by Crippen LogP contribution is -2.00. The summed E-state index contributed by atoms with van der Waals surface area (Å²) < 4.78 is 6.74. The Labute approximate surface area is 119 Å². The van der Waals surface area contributed by atoms with Gasteiger partial charge in [0.1, 0.15) is 17.0 Å². The molecule has 0 amide bonds. The van der Waals surface area contributed by atoms with Crippen molar-refractivity contribution in [2.45, 2.75) is 6.92 Å². The summed E-state index contributed by atoms with van der Waals surface area (Å²) in [6.45, 7) is 1.59. The lowest BCUT2D eigenvalue weighted by Gasteiger charge is -2.02. The Hall–Kier alpha value is -0.890. The summed E-state index contributed by atoms with van der Waals surface area (Å²) >= 11 is 5.49. The van der Waals surface area contributed by atoms with Gasteiger partial charge in [0, 0.05) is 13.6 Å². The summed E-state index contributed by atoms with van der Waals surface area (Å²) in [5.41, 5.74) is 1.22. The number of carboxylic acid groups (broad SMARTS) is 1. The molecule has 17 heavy (non-hydrogen) atoms. The average molecular weight is 408 g/mol. The van der Waals surface area contributed by atoms with E-state index in [1.807, 2.05) is 18.2 Å². The minimum absolute atomic E-state index is 0.112. The third kappa shape index (κ3) is 2.37. The second kappa shape index (κ2) is 4.77. The molecule has 0 fully saturated rings. The van der Waals surface area contributed by atoms with E-state index in [1.54, 1.807) is 6.92 Å². The number of aryl methyl sites for hydroxylation is 1. The zero-order valence-electron chi connectivity index (χ0n) is 8.70. The summed E-state index contributed by atoms with van der Waals surface area (Å²) in [5, 5.41) is 13.0. The van der Waals surface area contributed by atoms with Crippen LogP contribution in [0.25, 0.3) is 11.3 Å². The van der Waals surface area contributed by atoms with Gasteiger partial charge in [0.05, 0.1) is 0 Å². The van der Waals surface area contributed by atoms with Crippen molar-refractivity contribution < 1.29 is 14.4 Å². The Morgan fingerprint density at radius 2 is 2.24 bits per heavy atom. The maximum Gasteiger partial charge on any atom is 0.341 e. The first-order chi connectivity index (χ1) is 8.00. The highest BCUT2D eigenvalue weighted by Crippen LogP contribution is 2.31. The molecule has 88 valence electrons. The fourth-order valence-corrected chi connectivity index (χ4v) is 2.44. The van der Waals surface area contributed by atoms with E-state index in [-0.39, 0.29) is 5.56 Å². The van der Waals surface area contributed by atoms with Crippen LogP contribution in [-0.4, -0.2) is 16.2 Å². The molecule has 0 spiro atoms. The van der Waals surface area contributed by atoms with Gasteiger partial charge in [-0.25, -0.2) is 4.79 Å². The van der Waals surface area contributed by atoms with Crippen molar-refractivity contribution in [2.75, 3.05) is 0 Å². The Kier molecular flexibility index (Phi) is 3.53. The molecule has 1 aromatic carbocycles. The van der Waals surface area contributed by atoms with E-state index < -0.39 is 5.97 Å². The first-order valence-electron chi connectivity index (χ1n) is 4.65. The molecule has 1 heterocycles. The Bertz CT molecular complexity index is 594. The predicted octanol–water partition coefficient (Wildman–Crippen LogP) is 3.72. The molecule has 0 atom stereocenters. The second-order valence-corrected chi connectivity index (χ2v) is 5.47. The van der Waals surface area contributed by atoms with Crippen LogP contribution in [0.1, 0.15) is 16.1 Å². The zero-order valence-corrected chi connectivity index (χ0v) is 12.4. The molecule has 0 saturated carbocycles. The Morgan fingerprint density at radius 1 is 1.53 bits per heavy atom. The van der Waals surface area contributed by atoms with Crippen molar-refractivity contribution >= 4 is 44.5 Å². The molecule has 0 radical (unpaired) electrons. The maximum atomic E-state index is 11.2. The van der Waals surface area contributed by atoms with Gasteiger partial charge in [0.25, 0.3) is 0 Å². The maximum absolute atomic E-state index is 11.2. The number of aromatic nitrogens is 1. The zero-order chi connectivity index (χ0) is 12.6. The van der Waals surface area contributed by atoms with Crippen molar-refractivity contribution in [1.82, 2.24) is 5.16 Å². The van der Waals surface area contributed by atoms with Gasteiger partial charge in [0.15, 0.2) is 0 Å². The highest BCUT2D eigenvalue weighted by atomic mass is 127. The molecular weight excluding hydrogens is 401 g/mol. The molecule has 2 rings (SSSR count). The third-order valence-electron chi connectivity index (χ3n) is 2.26. The fourth-order valence-electron chi connectivity index (χ4n) is 1.49. The Balaban J connectivity index is 2.68. The van der Waals surface area contributed by atoms with Crippen LogP contribution in [0.4, 0.5) is 0 Å². The number of benzene rings is 1. The van der Waals surface area contributed by atoms with E-state index >= 15 is 0 Å². The first-order valence-corrected chi connectivity index (χ1v) is 6.53. The average Bonchev–Trinajstić information content (AvgIpc) is 2.64. The molecule has 0 bridgehead atoms. The van der Waals surface area contributed by atoms with E-state index in [2.05, 4.69) is 43.7 Å². The SMILES string of the molecule is Cc1onc(-c2cc(Br)ccc2I)c1C(=O)O. The normalized spacial score (nSPS) is 10.5. The first kappa shape index (κ1) is 12.6. The van der Waals surface area contributed by atoms with Gasteiger partial charge in [-0.2, -0.15) is 0 Å². The number of hydrogen-bond acceptors (Lipinski definition) is 3. The van der Waals surface area contributed by atoms with Crippen molar-refractivity contribution in [2.24, 2.45) is 0 Å². The standard InChI is InChI=1S/C11H7BrINO3/c1-5-9(11(15)16)10(14-17-5)7-4-6(12)2-3-8(7)13/h2-4H,1H3,(H,15,16). The predicted molar refractivity (Wildman–Crippen MR) is 74.1 cm³/mol. The number of carbonyl (C=O) groups is 1. The lowest BCUT2D eigenvalue weighted by molar-refractivity contribution is 0.0696. The number of rotatable bonds is 2. The molecule has 4 nitrogen and oxygen atoms in total. The van der Waals surface area contributed by atoms with Crippen LogP contribution in [0.2, 0.25) is 0 Å². The van der Waals surface area contributed by atoms with Gasteiger partial charge in [-0.15, -0.1) is 0 Å². The van der Waals surface area contributed by atoms with Gasteiger partial charge < -0.3 is 9.63 Å². The topological polar surface area (TPSA) is 63.3 Å². The highest BCUT2D eigenvalue weighted by Gasteiger charge is 2.22. The molecule has 0 aliphatic heterocycles. The molecular formula is C11H7BrINO3. The molecule has 0 unspecified atom stereocenters. The highest BCUT2D eigenvalue weighted by molar-refractivity contribution is 14.1. The molecule has 2 aromatic rings. The summed E-state index contributed by atoms with van der Waals surface area (Å²) in [6, 6.07) is 5.60. The van der Waals surface area contributed by atoms with Crippen LogP contribution in [-0.2, 0) is 0 Å². The summed E-state index contributed by atoms with van der Waals surface area (Å²) in [7, 11) is 0. The van der Waals surface area contributed by atoms with E-state index in [1.165, 1.54) is 0 Å². The van der Waals surface area contributed by atoms with Crippen molar-refractivity contribution in [3.8, 4) is 11.3 Å². The smallest absolute Gasteiger partial charge is 0.341 e. The number of aromatic carboxylic acids is 1. The van der Waals surface area contributed by atoms with Gasteiger partial charge >= 0.3 is 5.97 Å².